The Kier molecular flexibility index (Phi) is 4.47. The van der Waals surface area contributed by atoms with Gasteiger partial charge in [0, 0.05) is 12.1 Å². The molecule has 0 spiro atoms. The molecule has 0 aromatic heterocycles. The van der Waals surface area contributed by atoms with Crippen molar-refractivity contribution in [3.8, 4) is 11.1 Å². The SMILES string of the molecule is CC1(C)C=C2Nc3ccccc3N[C@H](c3ccc(-c4ccccc4)cc3)[C@H]2C(=O)C1. The quantitative estimate of drug-likeness (QED) is 0.526. The molecule has 1 heterocycles. The zero-order valence-electron chi connectivity index (χ0n) is 17.4. The molecular weight excluding hydrogens is 368 g/mol. The largest absolute Gasteiger partial charge is 0.375 e. The number of hydrogen-bond acceptors (Lipinski definition) is 3. The number of para-hydroxylation sites is 2. The van der Waals surface area contributed by atoms with E-state index < -0.39 is 0 Å². The maximum atomic E-state index is 13.3. The molecule has 0 bridgehead atoms. The van der Waals surface area contributed by atoms with Crippen molar-refractivity contribution in [3.05, 3.63) is 96.2 Å². The first-order chi connectivity index (χ1) is 14.5. The molecule has 0 saturated carbocycles. The zero-order valence-corrected chi connectivity index (χ0v) is 17.4. The number of ketones is 1. The van der Waals surface area contributed by atoms with Gasteiger partial charge in [0.05, 0.1) is 23.3 Å². The Balaban J connectivity index is 1.58. The summed E-state index contributed by atoms with van der Waals surface area (Å²) in [5.74, 6) is 0.0513. The minimum atomic E-state index is -0.229. The van der Waals surface area contributed by atoms with Crippen LogP contribution in [0.1, 0.15) is 31.9 Å². The molecule has 3 heteroatoms. The monoisotopic (exact) mass is 394 g/mol. The molecule has 3 nitrogen and oxygen atoms in total. The van der Waals surface area contributed by atoms with Crippen LogP contribution in [0.5, 0.6) is 0 Å². The van der Waals surface area contributed by atoms with Gasteiger partial charge in [-0.25, -0.2) is 0 Å². The van der Waals surface area contributed by atoms with Crippen LogP contribution < -0.4 is 10.6 Å². The number of carbonyl (C=O) groups excluding carboxylic acids is 1. The molecule has 3 aromatic rings. The van der Waals surface area contributed by atoms with Gasteiger partial charge in [0.2, 0.25) is 0 Å². The molecule has 2 aliphatic rings. The summed E-state index contributed by atoms with van der Waals surface area (Å²) in [6.45, 7) is 4.26. The molecule has 0 unspecified atom stereocenters. The van der Waals surface area contributed by atoms with Crippen molar-refractivity contribution >= 4 is 17.2 Å². The van der Waals surface area contributed by atoms with Crippen molar-refractivity contribution in [2.45, 2.75) is 26.3 Å². The normalized spacial score (nSPS) is 21.9. The van der Waals surface area contributed by atoms with Crippen LogP contribution in [-0.4, -0.2) is 5.78 Å². The molecule has 1 aliphatic carbocycles. The summed E-state index contributed by atoms with van der Waals surface area (Å²) in [6.07, 6.45) is 2.80. The minimum Gasteiger partial charge on any atom is -0.375 e. The van der Waals surface area contributed by atoms with Crippen molar-refractivity contribution in [1.82, 2.24) is 0 Å². The van der Waals surface area contributed by atoms with Crippen molar-refractivity contribution < 1.29 is 4.79 Å². The number of nitrogens with one attached hydrogen (secondary N) is 2. The highest BCUT2D eigenvalue weighted by atomic mass is 16.1. The van der Waals surface area contributed by atoms with Gasteiger partial charge < -0.3 is 10.6 Å². The first kappa shape index (κ1) is 18.7. The summed E-state index contributed by atoms with van der Waals surface area (Å²) in [5, 5.41) is 7.23. The predicted octanol–water partition coefficient (Wildman–Crippen LogP) is 6.43. The molecule has 1 aliphatic heterocycles. The number of anilines is 2. The Labute approximate surface area is 177 Å². The summed E-state index contributed by atoms with van der Waals surface area (Å²) in [5.41, 5.74) is 6.40. The van der Waals surface area contributed by atoms with E-state index in [9.17, 15) is 4.79 Å². The maximum absolute atomic E-state index is 13.3. The van der Waals surface area contributed by atoms with Gasteiger partial charge in [-0.15, -0.1) is 0 Å². The van der Waals surface area contributed by atoms with E-state index >= 15 is 0 Å². The van der Waals surface area contributed by atoms with Crippen LogP contribution in [0, 0.1) is 11.3 Å². The smallest absolute Gasteiger partial charge is 0.145 e. The minimum absolute atomic E-state index is 0.110. The lowest BCUT2D eigenvalue weighted by Crippen LogP contribution is -2.36. The highest BCUT2D eigenvalue weighted by molar-refractivity contribution is 5.90. The third-order valence-corrected chi connectivity index (χ3v) is 6.09. The first-order valence-corrected chi connectivity index (χ1v) is 10.5. The first-order valence-electron chi connectivity index (χ1n) is 10.5. The fourth-order valence-corrected chi connectivity index (χ4v) is 4.69. The summed E-state index contributed by atoms with van der Waals surface area (Å²) in [4.78, 5) is 13.3. The van der Waals surface area contributed by atoms with Crippen LogP contribution in [-0.2, 0) is 4.79 Å². The van der Waals surface area contributed by atoms with E-state index in [2.05, 4.69) is 91.2 Å². The molecule has 5 rings (SSSR count). The highest BCUT2D eigenvalue weighted by Crippen LogP contribution is 2.45. The molecule has 0 fully saturated rings. The molecule has 3 aromatic carbocycles. The molecule has 150 valence electrons. The molecule has 2 atom stereocenters. The number of allylic oxidation sites excluding steroid dienone is 1. The molecule has 2 N–H and O–H groups in total. The highest BCUT2D eigenvalue weighted by Gasteiger charge is 2.41. The Bertz CT molecular complexity index is 1110. The van der Waals surface area contributed by atoms with Gasteiger partial charge in [-0.05, 0) is 34.2 Å². The van der Waals surface area contributed by atoms with Crippen LogP contribution in [0.2, 0.25) is 0 Å². The van der Waals surface area contributed by atoms with E-state index in [0.717, 1.165) is 22.6 Å². The Morgan fingerprint density at radius 1 is 0.800 bits per heavy atom. The zero-order chi connectivity index (χ0) is 20.7. The van der Waals surface area contributed by atoms with Crippen molar-refractivity contribution in [3.63, 3.8) is 0 Å². The number of benzene rings is 3. The van der Waals surface area contributed by atoms with Crippen LogP contribution in [0.15, 0.2) is 90.6 Å². The second-order valence-electron chi connectivity index (χ2n) is 8.99. The average Bonchev–Trinajstić information content (AvgIpc) is 2.90. The molecule has 0 saturated heterocycles. The van der Waals surface area contributed by atoms with Crippen LogP contribution in [0.25, 0.3) is 11.1 Å². The van der Waals surface area contributed by atoms with E-state index in [1.165, 1.54) is 11.1 Å². The van der Waals surface area contributed by atoms with Crippen LogP contribution in [0.4, 0.5) is 11.4 Å². The third kappa shape index (κ3) is 3.41. The number of Topliss-reactive ketones (excluding diaryl/α,β-unsaturated/α-hetero) is 1. The second-order valence-corrected chi connectivity index (χ2v) is 8.99. The lowest BCUT2D eigenvalue weighted by molar-refractivity contribution is -0.124. The van der Waals surface area contributed by atoms with Gasteiger partial charge in [0.25, 0.3) is 0 Å². The summed E-state index contributed by atoms with van der Waals surface area (Å²) in [7, 11) is 0. The molecule has 0 radical (unpaired) electrons. The lowest BCUT2D eigenvalue weighted by atomic mass is 9.72. The van der Waals surface area contributed by atoms with Gasteiger partial charge in [-0.3, -0.25) is 4.79 Å². The second kappa shape index (κ2) is 7.17. The van der Waals surface area contributed by atoms with Gasteiger partial charge in [-0.1, -0.05) is 86.7 Å². The summed E-state index contributed by atoms with van der Waals surface area (Å²) >= 11 is 0. The third-order valence-electron chi connectivity index (χ3n) is 6.09. The van der Waals surface area contributed by atoms with Crippen molar-refractivity contribution in [2.24, 2.45) is 11.3 Å². The summed E-state index contributed by atoms with van der Waals surface area (Å²) < 4.78 is 0. The molecular formula is C27H26N2O. The topological polar surface area (TPSA) is 41.1 Å². The number of hydrogen-bond donors (Lipinski definition) is 2. The number of fused-ring (bicyclic) bond motifs is 2. The van der Waals surface area contributed by atoms with E-state index in [-0.39, 0.29) is 23.2 Å². The van der Waals surface area contributed by atoms with Gasteiger partial charge >= 0.3 is 0 Å². The van der Waals surface area contributed by atoms with E-state index in [4.69, 9.17) is 0 Å². The molecule has 30 heavy (non-hydrogen) atoms. The van der Waals surface area contributed by atoms with Crippen molar-refractivity contribution in [1.29, 1.82) is 0 Å². The fraction of sp³-hybridized carbons (Fsp3) is 0.222. The maximum Gasteiger partial charge on any atom is 0.145 e. The Morgan fingerprint density at radius 2 is 1.43 bits per heavy atom. The van der Waals surface area contributed by atoms with E-state index in [1.807, 2.05) is 18.2 Å². The Morgan fingerprint density at radius 3 is 2.17 bits per heavy atom. The van der Waals surface area contributed by atoms with E-state index in [0.29, 0.717) is 6.42 Å². The van der Waals surface area contributed by atoms with E-state index in [1.54, 1.807) is 0 Å². The lowest BCUT2D eigenvalue weighted by Gasteiger charge is -2.35. The van der Waals surface area contributed by atoms with Gasteiger partial charge in [0.15, 0.2) is 0 Å². The number of carbonyl (C=O) groups is 1. The van der Waals surface area contributed by atoms with Gasteiger partial charge in [-0.2, -0.15) is 0 Å². The predicted molar refractivity (Wildman–Crippen MR) is 123 cm³/mol. The van der Waals surface area contributed by atoms with Gasteiger partial charge in [0.1, 0.15) is 5.78 Å². The standard InChI is InChI=1S/C27H26N2O/c1-27(2)16-23-25(24(30)17-27)26(29-22-11-7-6-10-21(22)28-23)20-14-12-19(13-15-20)18-8-4-3-5-9-18/h3-16,25-26,28-29H,17H2,1-2H3/t25-,26-/m1/s1. The molecule has 0 amide bonds. The Hall–Kier alpha value is -3.33. The average molecular weight is 395 g/mol. The fourth-order valence-electron chi connectivity index (χ4n) is 4.69. The van der Waals surface area contributed by atoms with Crippen LogP contribution in [0.3, 0.4) is 0 Å². The van der Waals surface area contributed by atoms with Crippen molar-refractivity contribution in [2.75, 3.05) is 10.6 Å². The number of rotatable bonds is 2. The summed E-state index contributed by atoms with van der Waals surface area (Å²) in [6, 6.07) is 27.0. The van der Waals surface area contributed by atoms with Crippen LogP contribution >= 0.6 is 0 Å².